The van der Waals surface area contributed by atoms with E-state index in [4.69, 9.17) is 10.5 Å². The van der Waals surface area contributed by atoms with E-state index in [1.165, 1.54) is 0 Å². The van der Waals surface area contributed by atoms with Gasteiger partial charge in [0, 0.05) is 18.4 Å². The Labute approximate surface area is 110 Å². The molecule has 0 unspecified atom stereocenters. The lowest BCUT2D eigenvalue weighted by atomic mass is 9.96. The number of ether oxygens (including phenoxy) is 1. The molecule has 0 aliphatic rings. The SMILES string of the molecule is COc1ccc(CC(=O)CC(C)(C)N)cc1Br. The van der Waals surface area contributed by atoms with Gasteiger partial charge in [0.2, 0.25) is 0 Å². The summed E-state index contributed by atoms with van der Waals surface area (Å²) in [6.45, 7) is 3.71. The van der Waals surface area contributed by atoms with Crippen molar-refractivity contribution in [2.24, 2.45) is 5.73 Å². The van der Waals surface area contributed by atoms with Crippen LogP contribution in [0.1, 0.15) is 25.8 Å². The molecule has 0 aromatic heterocycles. The van der Waals surface area contributed by atoms with E-state index in [2.05, 4.69) is 15.9 Å². The van der Waals surface area contributed by atoms with Gasteiger partial charge in [-0.3, -0.25) is 4.79 Å². The molecule has 0 spiro atoms. The molecule has 3 nitrogen and oxygen atoms in total. The van der Waals surface area contributed by atoms with Crippen molar-refractivity contribution < 1.29 is 9.53 Å². The summed E-state index contributed by atoms with van der Waals surface area (Å²) in [7, 11) is 1.61. The topological polar surface area (TPSA) is 52.3 Å². The first kappa shape index (κ1) is 14.2. The van der Waals surface area contributed by atoms with Crippen LogP contribution in [0.4, 0.5) is 0 Å². The fourth-order valence-corrected chi connectivity index (χ4v) is 2.21. The molecule has 1 aromatic carbocycles. The van der Waals surface area contributed by atoms with Crippen LogP contribution in [-0.4, -0.2) is 18.4 Å². The Morgan fingerprint density at radius 3 is 2.59 bits per heavy atom. The smallest absolute Gasteiger partial charge is 0.139 e. The standard InChI is InChI=1S/C13H18BrNO2/c1-13(2,15)8-10(16)6-9-4-5-12(17-3)11(14)7-9/h4-5,7H,6,8,15H2,1-3H3. The van der Waals surface area contributed by atoms with Crippen molar-refractivity contribution in [3.05, 3.63) is 28.2 Å². The zero-order valence-electron chi connectivity index (χ0n) is 10.4. The minimum absolute atomic E-state index is 0.148. The summed E-state index contributed by atoms with van der Waals surface area (Å²) in [5, 5.41) is 0. The summed E-state index contributed by atoms with van der Waals surface area (Å²) >= 11 is 3.40. The number of rotatable bonds is 5. The summed E-state index contributed by atoms with van der Waals surface area (Å²) in [6, 6.07) is 5.64. The van der Waals surface area contributed by atoms with Gasteiger partial charge in [-0.2, -0.15) is 0 Å². The molecule has 0 fully saturated rings. The van der Waals surface area contributed by atoms with E-state index in [0.717, 1.165) is 15.8 Å². The number of hydrogen-bond donors (Lipinski definition) is 1. The third-order valence-electron chi connectivity index (χ3n) is 2.27. The van der Waals surface area contributed by atoms with E-state index < -0.39 is 5.54 Å². The highest BCUT2D eigenvalue weighted by atomic mass is 79.9. The lowest BCUT2D eigenvalue weighted by Crippen LogP contribution is -2.35. The van der Waals surface area contributed by atoms with E-state index in [1.54, 1.807) is 7.11 Å². The maximum atomic E-state index is 11.8. The van der Waals surface area contributed by atoms with Crippen molar-refractivity contribution in [1.29, 1.82) is 0 Å². The average molecular weight is 300 g/mol. The van der Waals surface area contributed by atoms with Gasteiger partial charge in [-0.15, -0.1) is 0 Å². The van der Waals surface area contributed by atoms with Crippen LogP contribution in [-0.2, 0) is 11.2 Å². The van der Waals surface area contributed by atoms with Crippen molar-refractivity contribution in [1.82, 2.24) is 0 Å². The first-order valence-electron chi connectivity index (χ1n) is 5.45. The Kier molecular flexibility index (Phi) is 4.71. The molecule has 0 atom stereocenters. The predicted molar refractivity (Wildman–Crippen MR) is 72.3 cm³/mol. The van der Waals surface area contributed by atoms with Crippen molar-refractivity contribution in [2.45, 2.75) is 32.2 Å². The van der Waals surface area contributed by atoms with Gasteiger partial charge in [0.05, 0.1) is 11.6 Å². The molecule has 94 valence electrons. The fourth-order valence-electron chi connectivity index (χ4n) is 1.62. The van der Waals surface area contributed by atoms with Gasteiger partial charge in [-0.05, 0) is 47.5 Å². The number of benzene rings is 1. The van der Waals surface area contributed by atoms with Crippen LogP contribution in [0.5, 0.6) is 5.75 Å². The summed E-state index contributed by atoms with van der Waals surface area (Å²) < 4.78 is 5.99. The zero-order chi connectivity index (χ0) is 13.1. The van der Waals surface area contributed by atoms with Crippen molar-refractivity contribution in [3.8, 4) is 5.75 Å². The Morgan fingerprint density at radius 1 is 1.47 bits per heavy atom. The lowest BCUT2D eigenvalue weighted by Gasteiger charge is -2.17. The van der Waals surface area contributed by atoms with Crippen LogP contribution < -0.4 is 10.5 Å². The van der Waals surface area contributed by atoms with Crippen LogP contribution in [0.25, 0.3) is 0 Å². The van der Waals surface area contributed by atoms with Crippen LogP contribution >= 0.6 is 15.9 Å². The first-order valence-corrected chi connectivity index (χ1v) is 6.24. The predicted octanol–water partition coefficient (Wildman–Crippen LogP) is 2.70. The highest BCUT2D eigenvalue weighted by Crippen LogP contribution is 2.26. The van der Waals surface area contributed by atoms with Crippen molar-refractivity contribution in [2.75, 3.05) is 7.11 Å². The molecule has 0 bridgehead atoms. The lowest BCUT2D eigenvalue weighted by molar-refractivity contribution is -0.119. The van der Waals surface area contributed by atoms with E-state index in [0.29, 0.717) is 12.8 Å². The summed E-state index contributed by atoms with van der Waals surface area (Å²) in [5.41, 5.74) is 6.34. The van der Waals surface area contributed by atoms with E-state index in [9.17, 15) is 4.79 Å². The highest BCUT2D eigenvalue weighted by Gasteiger charge is 2.16. The Hall–Kier alpha value is -0.870. The second-order valence-electron chi connectivity index (χ2n) is 4.85. The van der Waals surface area contributed by atoms with Gasteiger partial charge in [0.25, 0.3) is 0 Å². The normalized spacial score (nSPS) is 11.4. The van der Waals surface area contributed by atoms with Crippen molar-refractivity contribution in [3.63, 3.8) is 0 Å². The third-order valence-corrected chi connectivity index (χ3v) is 2.89. The van der Waals surface area contributed by atoms with E-state index >= 15 is 0 Å². The Balaban J connectivity index is 2.69. The number of nitrogens with two attached hydrogens (primary N) is 1. The van der Waals surface area contributed by atoms with Gasteiger partial charge in [-0.1, -0.05) is 6.07 Å². The highest BCUT2D eigenvalue weighted by molar-refractivity contribution is 9.10. The van der Waals surface area contributed by atoms with Crippen molar-refractivity contribution >= 4 is 21.7 Å². The summed E-state index contributed by atoms with van der Waals surface area (Å²) in [4.78, 5) is 11.8. The molecule has 1 rings (SSSR count). The molecular formula is C13H18BrNO2. The first-order chi connectivity index (χ1) is 7.81. The molecule has 0 radical (unpaired) electrons. The molecule has 0 aliphatic heterocycles. The van der Waals surface area contributed by atoms with Gasteiger partial charge >= 0.3 is 0 Å². The average Bonchev–Trinajstić information content (AvgIpc) is 2.14. The largest absolute Gasteiger partial charge is 0.496 e. The van der Waals surface area contributed by atoms with Crippen LogP contribution in [0.3, 0.4) is 0 Å². The number of hydrogen-bond acceptors (Lipinski definition) is 3. The minimum atomic E-state index is -0.444. The number of Topliss-reactive ketones (excluding diaryl/α,β-unsaturated/α-hetero) is 1. The molecule has 0 heterocycles. The number of ketones is 1. The van der Waals surface area contributed by atoms with Gasteiger partial charge in [0.15, 0.2) is 0 Å². The molecule has 1 aromatic rings. The second-order valence-corrected chi connectivity index (χ2v) is 5.70. The Morgan fingerprint density at radius 2 is 2.12 bits per heavy atom. The summed E-state index contributed by atoms with van der Waals surface area (Å²) in [6.07, 6.45) is 0.792. The van der Waals surface area contributed by atoms with Crippen LogP contribution in [0.2, 0.25) is 0 Å². The fraction of sp³-hybridized carbons (Fsp3) is 0.462. The quantitative estimate of drug-likeness (QED) is 0.909. The van der Waals surface area contributed by atoms with Crippen LogP contribution in [0.15, 0.2) is 22.7 Å². The molecular weight excluding hydrogens is 282 g/mol. The molecule has 0 amide bonds. The van der Waals surface area contributed by atoms with Gasteiger partial charge < -0.3 is 10.5 Å². The maximum Gasteiger partial charge on any atom is 0.139 e. The Bertz CT molecular complexity index is 410. The third kappa shape index (κ3) is 4.88. The van der Waals surface area contributed by atoms with Gasteiger partial charge in [0.1, 0.15) is 11.5 Å². The zero-order valence-corrected chi connectivity index (χ0v) is 12.0. The van der Waals surface area contributed by atoms with E-state index in [-0.39, 0.29) is 5.78 Å². The van der Waals surface area contributed by atoms with Crippen LogP contribution in [0, 0.1) is 0 Å². The monoisotopic (exact) mass is 299 g/mol. The van der Waals surface area contributed by atoms with Gasteiger partial charge in [-0.25, -0.2) is 0 Å². The molecule has 0 saturated heterocycles. The molecule has 4 heteroatoms. The second kappa shape index (κ2) is 5.65. The number of carbonyl (C=O) groups excluding carboxylic acids is 1. The molecule has 17 heavy (non-hydrogen) atoms. The van der Waals surface area contributed by atoms with E-state index in [1.807, 2.05) is 32.0 Å². The molecule has 2 N–H and O–H groups in total. The summed E-state index contributed by atoms with van der Waals surface area (Å²) in [5.74, 6) is 0.912. The minimum Gasteiger partial charge on any atom is -0.496 e. The maximum absolute atomic E-state index is 11.8. The molecule has 0 aliphatic carbocycles. The molecule has 0 saturated carbocycles. The number of halogens is 1. The number of carbonyl (C=O) groups is 1. The number of methoxy groups -OCH3 is 1.